The van der Waals surface area contributed by atoms with Crippen molar-refractivity contribution in [3.63, 3.8) is 0 Å². The van der Waals surface area contributed by atoms with E-state index in [-0.39, 0.29) is 73.8 Å². The fourth-order valence-electron chi connectivity index (χ4n) is 5.74. The lowest BCUT2D eigenvalue weighted by Crippen LogP contribution is -2.58. The lowest BCUT2D eigenvalue weighted by molar-refractivity contribution is -0.135. The molecule has 63 heavy (non-hydrogen) atoms. The molecule has 0 aliphatic carbocycles. The van der Waals surface area contributed by atoms with Crippen LogP contribution in [0.2, 0.25) is 0 Å². The van der Waals surface area contributed by atoms with E-state index in [4.69, 9.17) is 17.2 Å². The van der Waals surface area contributed by atoms with Gasteiger partial charge in [-0.15, -0.1) is 0 Å². The number of amides is 6. The van der Waals surface area contributed by atoms with Crippen LogP contribution in [-0.4, -0.2) is 124 Å². The van der Waals surface area contributed by atoms with Crippen LogP contribution >= 0.6 is 0 Å². The summed E-state index contributed by atoms with van der Waals surface area (Å²) in [7, 11) is 1.37. The molecule has 25 heteroatoms. The minimum Gasteiger partial charge on any atom is -0.379 e. The molecule has 5 atom stereocenters. The Kier molecular flexibility index (Phi) is 19.7. The second-order valence-corrected chi connectivity index (χ2v) is 13.8. The van der Waals surface area contributed by atoms with Gasteiger partial charge in [0.25, 0.3) is 11.5 Å². The van der Waals surface area contributed by atoms with Crippen molar-refractivity contribution in [1.82, 2.24) is 51.8 Å². The Morgan fingerprint density at radius 3 is 2.03 bits per heavy atom. The SMILES string of the molecule is CC[C@H](NC(=O)[C@H](CC=O)NC(=O)[C@H](CCCN=C(N)N)NC(=O)[C@H](CC=O)NC(=O)CC[C@@H](C=O)NC(=O)c1ccc(NCc2cnc3nc(N)[nH]c(=O)c3n2)cc1)C(=O)NC. The van der Waals surface area contributed by atoms with E-state index in [1.54, 1.807) is 19.1 Å². The number of nitrogens with zero attached hydrogens (tertiary/aromatic N) is 4. The van der Waals surface area contributed by atoms with E-state index >= 15 is 0 Å². The van der Waals surface area contributed by atoms with Gasteiger partial charge in [0.15, 0.2) is 17.1 Å². The zero-order chi connectivity index (χ0) is 46.5. The maximum absolute atomic E-state index is 13.5. The highest BCUT2D eigenvalue weighted by Crippen LogP contribution is 2.13. The number of aromatic nitrogens is 4. The van der Waals surface area contributed by atoms with Gasteiger partial charge >= 0.3 is 0 Å². The van der Waals surface area contributed by atoms with E-state index in [0.717, 1.165) is 0 Å². The van der Waals surface area contributed by atoms with Crippen LogP contribution in [0.1, 0.15) is 67.9 Å². The number of rotatable bonds is 26. The average molecular weight is 878 g/mol. The highest BCUT2D eigenvalue weighted by atomic mass is 16.2. The fraction of sp³-hybridized carbons (Fsp3) is 0.421. The molecule has 0 bridgehead atoms. The third kappa shape index (κ3) is 15.9. The number of nitrogen functional groups attached to an aromatic ring is 1. The minimum atomic E-state index is -1.49. The Labute approximate surface area is 359 Å². The van der Waals surface area contributed by atoms with E-state index in [9.17, 15) is 47.9 Å². The van der Waals surface area contributed by atoms with Crippen molar-refractivity contribution in [2.75, 3.05) is 24.6 Å². The summed E-state index contributed by atoms with van der Waals surface area (Å²) in [6, 6.07) is -0.238. The Morgan fingerprint density at radius 1 is 0.810 bits per heavy atom. The number of aliphatic imine (C=N–C) groups is 1. The van der Waals surface area contributed by atoms with E-state index in [0.29, 0.717) is 30.2 Å². The number of hydrogen-bond donors (Lipinski definition) is 11. The predicted molar refractivity (Wildman–Crippen MR) is 226 cm³/mol. The highest BCUT2D eigenvalue weighted by Gasteiger charge is 2.31. The number of carbonyl (C=O) groups is 9. The second-order valence-electron chi connectivity index (χ2n) is 13.8. The number of hydrogen-bond acceptors (Lipinski definition) is 16. The maximum Gasteiger partial charge on any atom is 0.280 e. The number of aromatic amines is 1. The monoisotopic (exact) mass is 877 g/mol. The van der Waals surface area contributed by atoms with Crippen molar-refractivity contribution < 1.29 is 43.2 Å². The fourth-order valence-corrected chi connectivity index (χ4v) is 5.74. The van der Waals surface area contributed by atoms with Gasteiger partial charge in [0.2, 0.25) is 35.5 Å². The number of anilines is 2. The minimum absolute atomic E-state index is 0.0156. The summed E-state index contributed by atoms with van der Waals surface area (Å²) in [5.41, 5.74) is 17.1. The number of nitrogens with two attached hydrogens (primary N) is 3. The van der Waals surface area contributed by atoms with Gasteiger partial charge in [-0.3, -0.25) is 43.5 Å². The molecular weight excluding hydrogens is 827 g/mol. The topological polar surface area (TPSA) is 400 Å². The standard InChI is InChI=1S/C38H51N15O10/c1-3-24(32(59)42-2)49-35(62)27(13-16-55)51-33(60)25(5-4-14-43-37(39)40)50-34(61)26(12-15-54)48-28(57)11-10-22(19-56)47-31(58)20-6-8-21(9-7-20)44-17-23-18-45-30-29(46-23)36(63)53-38(41)52-30/h6-9,15-16,18-19,22,24-27,44H,3-5,10-14,17H2,1-2H3,(H,42,59)(H,47,58)(H,48,57)(H,49,62)(H,50,61)(H,51,60)(H4,39,40,43)(H3,41,45,52,53,63)/t22-,24-,25-,26-,27-/m0/s1. The van der Waals surface area contributed by atoms with Gasteiger partial charge in [-0.2, -0.15) is 4.98 Å². The first-order valence-electron chi connectivity index (χ1n) is 19.6. The molecule has 6 amide bonds. The molecule has 0 saturated carbocycles. The summed E-state index contributed by atoms with van der Waals surface area (Å²) < 4.78 is 0. The van der Waals surface area contributed by atoms with Crippen molar-refractivity contribution in [3.8, 4) is 0 Å². The average Bonchev–Trinajstić information content (AvgIpc) is 3.26. The number of H-pyrrole nitrogens is 1. The van der Waals surface area contributed by atoms with Crippen molar-refractivity contribution in [1.29, 1.82) is 0 Å². The first-order valence-corrected chi connectivity index (χ1v) is 19.6. The van der Waals surface area contributed by atoms with Gasteiger partial charge in [-0.25, -0.2) is 9.97 Å². The summed E-state index contributed by atoms with van der Waals surface area (Å²) in [5, 5.41) is 17.7. The molecule has 3 rings (SSSR count). The first kappa shape index (κ1) is 49.5. The largest absolute Gasteiger partial charge is 0.379 e. The molecule has 3 aromatic rings. The summed E-state index contributed by atoms with van der Waals surface area (Å²) in [5.74, 6) is -4.92. The summed E-state index contributed by atoms with van der Waals surface area (Å²) in [4.78, 5) is 143. The third-order valence-electron chi connectivity index (χ3n) is 9.08. The molecule has 0 saturated heterocycles. The predicted octanol–water partition coefficient (Wildman–Crippen LogP) is -3.69. The number of fused-ring (bicyclic) bond motifs is 1. The van der Waals surface area contributed by atoms with E-state index in [2.05, 4.69) is 62.1 Å². The van der Waals surface area contributed by atoms with E-state index in [1.807, 2.05) is 0 Å². The zero-order valence-electron chi connectivity index (χ0n) is 34.5. The van der Waals surface area contributed by atoms with Crippen LogP contribution in [0, 0.1) is 0 Å². The number of benzene rings is 1. The molecule has 0 fully saturated rings. The molecule has 1 aromatic carbocycles. The number of nitrogens with one attached hydrogen (secondary N) is 8. The molecule has 2 aromatic heterocycles. The van der Waals surface area contributed by atoms with E-state index in [1.165, 1.54) is 25.4 Å². The van der Waals surface area contributed by atoms with Gasteiger partial charge in [0.05, 0.1) is 24.5 Å². The summed E-state index contributed by atoms with van der Waals surface area (Å²) >= 11 is 0. The lowest BCUT2D eigenvalue weighted by atomic mass is 10.1. The molecule has 0 aliphatic rings. The van der Waals surface area contributed by atoms with Gasteiger partial charge in [0.1, 0.15) is 43.0 Å². The van der Waals surface area contributed by atoms with Gasteiger partial charge in [0, 0.05) is 44.1 Å². The highest BCUT2D eigenvalue weighted by molar-refractivity contribution is 5.97. The smallest absolute Gasteiger partial charge is 0.280 e. The molecule has 25 nitrogen and oxygen atoms in total. The van der Waals surface area contributed by atoms with Crippen molar-refractivity contribution in [2.45, 2.75) is 88.6 Å². The maximum atomic E-state index is 13.5. The Morgan fingerprint density at radius 2 is 1.43 bits per heavy atom. The number of carbonyl (C=O) groups excluding carboxylic acids is 9. The Balaban J connectivity index is 1.59. The lowest BCUT2D eigenvalue weighted by Gasteiger charge is -2.25. The van der Waals surface area contributed by atoms with Crippen LogP contribution in [0.4, 0.5) is 11.6 Å². The van der Waals surface area contributed by atoms with Crippen LogP contribution in [0.5, 0.6) is 0 Å². The molecule has 0 unspecified atom stereocenters. The van der Waals surface area contributed by atoms with Crippen molar-refractivity contribution >= 4 is 83.1 Å². The van der Waals surface area contributed by atoms with Crippen LogP contribution in [0.3, 0.4) is 0 Å². The number of likely N-dealkylation sites (N-methyl/N-ethyl adjacent to an activating group) is 1. The Bertz CT molecular complexity index is 2210. The van der Waals surface area contributed by atoms with Gasteiger partial charge in [-0.05, 0) is 49.9 Å². The quantitative estimate of drug-likeness (QED) is 0.0160. The summed E-state index contributed by atoms with van der Waals surface area (Å²) in [6.07, 6.45) is 1.30. The second kappa shape index (κ2) is 25.0. The molecule has 0 spiro atoms. The molecule has 14 N–H and O–H groups in total. The van der Waals surface area contributed by atoms with Crippen LogP contribution in [0.15, 0.2) is 40.2 Å². The van der Waals surface area contributed by atoms with Crippen LogP contribution < -0.4 is 60.0 Å². The molecule has 338 valence electrons. The summed E-state index contributed by atoms with van der Waals surface area (Å²) in [6.45, 7) is 1.85. The van der Waals surface area contributed by atoms with Crippen molar-refractivity contribution in [3.05, 3.63) is 52.1 Å². The molecular formula is C38H51N15O10. The number of aldehydes is 3. The van der Waals surface area contributed by atoms with E-state index < -0.39 is 84.1 Å². The van der Waals surface area contributed by atoms with Crippen molar-refractivity contribution in [2.24, 2.45) is 16.5 Å². The third-order valence-corrected chi connectivity index (χ3v) is 9.08. The number of guanidine groups is 1. The normalized spacial score (nSPS) is 13.0. The van der Waals surface area contributed by atoms with Gasteiger partial charge in [-0.1, -0.05) is 6.92 Å². The Hall–Kier alpha value is -7.86. The van der Waals surface area contributed by atoms with Crippen LogP contribution in [-0.2, 0) is 44.9 Å². The van der Waals surface area contributed by atoms with Gasteiger partial charge < -0.3 is 68.8 Å². The zero-order valence-corrected chi connectivity index (χ0v) is 34.5. The first-order chi connectivity index (χ1) is 30.1. The van der Waals surface area contributed by atoms with Crippen LogP contribution in [0.25, 0.3) is 11.2 Å². The molecule has 0 aliphatic heterocycles. The molecule has 0 radical (unpaired) electrons. The molecule has 2 heterocycles.